The van der Waals surface area contributed by atoms with Crippen molar-refractivity contribution in [2.45, 2.75) is 25.7 Å². The molecule has 0 saturated heterocycles. The van der Waals surface area contributed by atoms with Gasteiger partial charge < -0.3 is 9.47 Å². The van der Waals surface area contributed by atoms with Crippen molar-refractivity contribution >= 4 is 40.0 Å². The number of methoxy groups -OCH3 is 2. The number of alkyl halides is 1. The molecule has 1 heterocycles. The normalized spacial score (nSPS) is 22.6. The smallest absolute Gasteiger partial charge is 0.246 e. The summed E-state index contributed by atoms with van der Waals surface area (Å²) in [7, 11) is 3.26. The molecule has 138 valence electrons. The standard InChI is InChI=1S/C18H23BrN2O3.ClH/c1-23-15-8-7-12(11-16(15)24-2)17-13-5-3-4-6-14(13)18(22)21(20-17)10-9-19;/h7-8,11,13-14H,3-6,9-10H2,1-2H3;1H/t13-,14+;/m0./s1. The molecular weight excluding hydrogens is 408 g/mol. The van der Waals surface area contributed by atoms with E-state index < -0.39 is 0 Å². The van der Waals surface area contributed by atoms with Crippen LogP contribution in [0.3, 0.4) is 0 Å². The third-order valence-electron chi connectivity index (χ3n) is 4.89. The summed E-state index contributed by atoms with van der Waals surface area (Å²) in [4.78, 5) is 12.7. The van der Waals surface area contributed by atoms with E-state index in [4.69, 9.17) is 14.6 Å². The lowest BCUT2D eigenvalue weighted by Crippen LogP contribution is -2.46. The molecule has 3 rings (SSSR count). The molecule has 0 radical (unpaired) electrons. The summed E-state index contributed by atoms with van der Waals surface area (Å²) in [5, 5.41) is 7.07. The van der Waals surface area contributed by atoms with Crippen molar-refractivity contribution in [1.82, 2.24) is 5.01 Å². The fourth-order valence-corrected chi connectivity index (χ4v) is 4.04. The number of hydrazone groups is 1. The van der Waals surface area contributed by atoms with Crippen LogP contribution in [-0.2, 0) is 4.79 Å². The highest BCUT2D eigenvalue weighted by Gasteiger charge is 2.41. The molecule has 1 aromatic carbocycles. The predicted molar refractivity (Wildman–Crippen MR) is 104 cm³/mol. The molecule has 0 spiro atoms. The summed E-state index contributed by atoms with van der Waals surface area (Å²) < 4.78 is 10.8. The molecule has 1 saturated carbocycles. The zero-order chi connectivity index (χ0) is 17.1. The number of hydrogen-bond acceptors (Lipinski definition) is 4. The van der Waals surface area contributed by atoms with E-state index in [9.17, 15) is 4.79 Å². The van der Waals surface area contributed by atoms with Gasteiger partial charge in [0.05, 0.1) is 26.5 Å². The number of rotatable bonds is 5. The molecule has 1 amide bonds. The van der Waals surface area contributed by atoms with Crippen molar-refractivity contribution in [2.24, 2.45) is 16.9 Å². The first-order valence-corrected chi connectivity index (χ1v) is 9.50. The van der Waals surface area contributed by atoms with E-state index in [1.54, 1.807) is 19.2 Å². The number of ether oxygens (including phenoxy) is 2. The van der Waals surface area contributed by atoms with Gasteiger partial charge in [-0.05, 0) is 31.0 Å². The Kier molecular flexibility index (Phi) is 7.14. The summed E-state index contributed by atoms with van der Waals surface area (Å²) >= 11 is 3.42. The van der Waals surface area contributed by atoms with Gasteiger partial charge in [-0.1, -0.05) is 28.8 Å². The summed E-state index contributed by atoms with van der Waals surface area (Å²) in [6.07, 6.45) is 4.24. The third-order valence-corrected chi connectivity index (χ3v) is 5.25. The topological polar surface area (TPSA) is 51.1 Å². The molecule has 1 aliphatic heterocycles. The van der Waals surface area contributed by atoms with Crippen LogP contribution in [-0.4, -0.2) is 42.7 Å². The maximum Gasteiger partial charge on any atom is 0.246 e. The molecule has 0 bridgehead atoms. The molecule has 0 unspecified atom stereocenters. The number of nitrogens with zero attached hydrogens (tertiary/aromatic N) is 2. The highest BCUT2D eigenvalue weighted by Crippen LogP contribution is 2.38. The number of halogens is 2. The Balaban J connectivity index is 0.00000225. The molecule has 25 heavy (non-hydrogen) atoms. The largest absolute Gasteiger partial charge is 0.493 e. The van der Waals surface area contributed by atoms with Crippen LogP contribution in [0.5, 0.6) is 11.5 Å². The maximum atomic E-state index is 12.7. The third kappa shape index (κ3) is 3.95. The number of hydrogen-bond donors (Lipinski definition) is 0. The van der Waals surface area contributed by atoms with E-state index in [-0.39, 0.29) is 30.2 Å². The Labute approximate surface area is 163 Å². The van der Waals surface area contributed by atoms with Crippen LogP contribution in [0.1, 0.15) is 31.2 Å². The van der Waals surface area contributed by atoms with Crippen LogP contribution in [0.4, 0.5) is 0 Å². The first kappa shape index (κ1) is 20.0. The molecule has 1 fully saturated rings. The molecule has 0 N–H and O–H groups in total. The number of fused-ring (bicyclic) bond motifs is 1. The lowest BCUT2D eigenvalue weighted by Gasteiger charge is -2.38. The van der Waals surface area contributed by atoms with E-state index >= 15 is 0 Å². The Morgan fingerprint density at radius 2 is 1.84 bits per heavy atom. The highest BCUT2D eigenvalue weighted by molar-refractivity contribution is 9.09. The van der Waals surface area contributed by atoms with E-state index in [1.807, 2.05) is 18.2 Å². The van der Waals surface area contributed by atoms with Crippen molar-refractivity contribution in [3.05, 3.63) is 23.8 Å². The zero-order valence-electron chi connectivity index (χ0n) is 14.5. The first-order chi connectivity index (χ1) is 11.7. The van der Waals surface area contributed by atoms with Gasteiger partial charge in [0, 0.05) is 22.7 Å². The van der Waals surface area contributed by atoms with Gasteiger partial charge in [-0.15, -0.1) is 12.4 Å². The number of amides is 1. The monoisotopic (exact) mass is 430 g/mol. The molecule has 0 aromatic heterocycles. The van der Waals surface area contributed by atoms with Crippen LogP contribution in [0.2, 0.25) is 0 Å². The van der Waals surface area contributed by atoms with Crippen molar-refractivity contribution in [3.63, 3.8) is 0 Å². The number of carbonyl (C=O) groups is 1. The molecule has 2 atom stereocenters. The molecule has 1 aromatic rings. The van der Waals surface area contributed by atoms with Crippen LogP contribution < -0.4 is 9.47 Å². The fourth-order valence-electron chi connectivity index (χ4n) is 3.71. The quantitative estimate of drug-likeness (QED) is 0.665. The Morgan fingerprint density at radius 3 is 2.48 bits per heavy atom. The zero-order valence-corrected chi connectivity index (χ0v) is 16.9. The van der Waals surface area contributed by atoms with E-state index in [0.717, 1.165) is 42.3 Å². The fraction of sp³-hybridized carbons (Fsp3) is 0.556. The van der Waals surface area contributed by atoms with Gasteiger partial charge in [0.2, 0.25) is 5.91 Å². The maximum absolute atomic E-state index is 12.7. The van der Waals surface area contributed by atoms with E-state index in [1.165, 1.54) is 0 Å². The molecule has 1 aliphatic carbocycles. The van der Waals surface area contributed by atoms with Gasteiger partial charge in [0.1, 0.15) is 0 Å². The minimum Gasteiger partial charge on any atom is -0.493 e. The van der Waals surface area contributed by atoms with Crippen LogP contribution in [0.25, 0.3) is 0 Å². The second-order valence-electron chi connectivity index (χ2n) is 6.20. The summed E-state index contributed by atoms with van der Waals surface area (Å²) in [6, 6.07) is 5.87. The predicted octanol–water partition coefficient (Wildman–Crippen LogP) is 3.87. The van der Waals surface area contributed by atoms with Gasteiger partial charge in [-0.3, -0.25) is 4.79 Å². The second kappa shape index (κ2) is 8.90. The summed E-state index contributed by atoms with van der Waals surface area (Å²) in [5.74, 6) is 1.82. The van der Waals surface area contributed by atoms with Crippen molar-refractivity contribution in [1.29, 1.82) is 0 Å². The number of benzene rings is 1. The first-order valence-electron chi connectivity index (χ1n) is 8.37. The Hall–Kier alpha value is -1.27. The minimum atomic E-state index is 0. The van der Waals surface area contributed by atoms with Gasteiger partial charge >= 0.3 is 0 Å². The van der Waals surface area contributed by atoms with Gasteiger partial charge in [0.25, 0.3) is 0 Å². The van der Waals surface area contributed by atoms with Gasteiger partial charge in [-0.25, -0.2) is 5.01 Å². The highest BCUT2D eigenvalue weighted by atomic mass is 79.9. The SMILES string of the molecule is COc1ccc(C2=NN(CCBr)C(=O)[C@@H]3CCCC[C@H]23)cc1OC.Cl. The van der Waals surface area contributed by atoms with Crippen LogP contribution in [0.15, 0.2) is 23.3 Å². The molecule has 7 heteroatoms. The van der Waals surface area contributed by atoms with Crippen LogP contribution >= 0.6 is 28.3 Å². The lowest BCUT2D eigenvalue weighted by molar-refractivity contribution is -0.138. The van der Waals surface area contributed by atoms with Gasteiger partial charge in [0.15, 0.2) is 11.5 Å². The second-order valence-corrected chi connectivity index (χ2v) is 7.00. The van der Waals surface area contributed by atoms with Crippen molar-refractivity contribution < 1.29 is 14.3 Å². The molecule has 2 aliphatic rings. The van der Waals surface area contributed by atoms with E-state index in [2.05, 4.69) is 15.9 Å². The molecule has 5 nitrogen and oxygen atoms in total. The van der Waals surface area contributed by atoms with Crippen molar-refractivity contribution in [2.75, 3.05) is 26.1 Å². The average molecular weight is 432 g/mol. The summed E-state index contributed by atoms with van der Waals surface area (Å²) in [6.45, 7) is 0.596. The van der Waals surface area contributed by atoms with E-state index in [0.29, 0.717) is 18.0 Å². The van der Waals surface area contributed by atoms with Crippen LogP contribution in [0, 0.1) is 11.8 Å². The van der Waals surface area contributed by atoms with Crippen molar-refractivity contribution in [3.8, 4) is 11.5 Å². The average Bonchev–Trinajstić information content (AvgIpc) is 2.63. The Bertz CT molecular complexity index is 653. The Morgan fingerprint density at radius 1 is 1.16 bits per heavy atom. The lowest BCUT2D eigenvalue weighted by atomic mass is 9.73. The molecular formula is C18H24BrClN2O3. The minimum absolute atomic E-state index is 0. The summed E-state index contributed by atoms with van der Waals surface area (Å²) in [5.41, 5.74) is 2.01. The van der Waals surface area contributed by atoms with Gasteiger partial charge in [-0.2, -0.15) is 5.10 Å². The number of carbonyl (C=O) groups excluding carboxylic acids is 1.